The van der Waals surface area contributed by atoms with Gasteiger partial charge in [0.05, 0.1) is 7.11 Å². The minimum absolute atomic E-state index is 0.295. The Morgan fingerprint density at radius 3 is 2.88 bits per heavy atom. The number of carbonyl (C=O) groups is 1. The number of ether oxygens (including phenoxy) is 1. The molecular formula is C12H19N3O2. The Morgan fingerprint density at radius 2 is 2.35 bits per heavy atom. The van der Waals surface area contributed by atoms with Crippen molar-refractivity contribution in [3.05, 3.63) is 30.1 Å². The summed E-state index contributed by atoms with van der Waals surface area (Å²) in [5.41, 5.74) is 0.818. The SMILES string of the molecule is COC(=O)C(NCCN(C)C)c1cccnc1. The molecule has 1 unspecified atom stereocenters. The van der Waals surface area contributed by atoms with Crippen LogP contribution in [0.5, 0.6) is 0 Å². The fourth-order valence-electron chi connectivity index (χ4n) is 1.43. The lowest BCUT2D eigenvalue weighted by Gasteiger charge is -2.18. The second kappa shape index (κ2) is 6.98. The third kappa shape index (κ3) is 4.50. The molecular weight excluding hydrogens is 218 g/mol. The Labute approximate surface area is 102 Å². The number of carbonyl (C=O) groups excluding carboxylic acids is 1. The normalized spacial score (nSPS) is 12.5. The van der Waals surface area contributed by atoms with Crippen molar-refractivity contribution in [3.8, 4) is 0 Å². The Hall–Kier alpha value is -1.46. The Balaban J connectivity index is 2.65. The molecule has 1 aromatic heterocycles. The first-order chi connectivity index (χ1) is 8.15. The van der Waals surface area contributed by atoms with Crippen LogP contribution in [0.15, 0.2) is 24.5 Å². The molecule has 0 saturated carbocycles. The second-order valence-electron chi connectivity index (χ2n) is 4.00. The number of nitrogens with one attached hydrogen (secondary N) is 1. The highest BCUT2D eigenvalue weighted by atomic mass is 16.5. The molecule has 0 spiro atoms. The largest absolute Gasteiger partial charge is 0.468 e. The molecule has 0 fully saturated rings. The van der Waals surface area contributed by atoms with E-state index in [2.05, 4.69) is 10.3 Å². The van der Waals surface area contributed by atoms with Crippen molar-refractivity contribution in [1.82, 2.24) is 15.2 Å². The average molecular weight is 237 g/mol. The van der Waals surface area contributed by atoms with Gasteiger partial charge in [-0.05, 0) is 25.7 Å². The van der Waals surface area contributed by atoms with E-state index in [-0.39, 0.29) is 5.97 Å². The molecule has 1 rings (SSSR count). The van der Waals surface area contributed by atoms with E-state index in [0.29, 0.717) is 6.54 Å². The maximum Gasteiger partial charge on any atom is 0.327 e. The topological polar surface area (TPSA) is 54.5 Å². The lowest BCUT2D eigenvalue weighted by atomic mass is 10.1. The summed E-state index contributed by atoms with van der Waals surface area (Å²) in [5, 5.41) is 3.16. The molecule has 0 radical (unpaired) electrons. The average Bonchev–Trinajstić information content (AvgIpc) is 2.34. The molecule has 0 aliphatic rings. The third-order valence-corrected chi connectivity index (χ3v) is 2.36. The van der Waals surface area contributed by atoms with E-state index < -0.39 is 6.04 Å². The van der Waals surface area contributed by atoms with E-state index in [1.165, 1.54) is 7.11 Å². The number of rotatable bonds is 6. The maximum absolute atomic E-state index is 11.7. The van der Waals surface area contributed by atoms with E-state index in [0.717, 1.165) is 12.1 Å². The van der Waals surface area contributed by atoms with Crippen molar-refractivity contribution < 1.29 is 9.53 Å². The minimum Gasteiger partial charge on any atom is -0.468 e. The molecule has 0 aliphatic heterocycles. The maximum atomic E-state index is 11.7. The monoisotopic (exact) mass is 237 g/mol. The molecule has 0 aromatic carbocycles. The molecule has 1 N–H and O–H groups in total. The summed E-state index contributed by atoms with van der Waals surface area (Å²) < 4.78 is 4.78. The van der Waals surface area contributed by atoms with E-state index in [9.17, 15) is 4.79 Å². The van der Waals surface area contributed by atoms with Crippen molar-refractivity contribution in [2.75, 3.05) is 34.3 Å². The fraction of sp³-hybridized carbons (Fsp3) is 0.500. The van der Waals surface area contributed by atoms with Gasteiger partial charge in [0.2, 0.25) is 0 Å². The van der Waals surface area contributed by atoms with Gasteiger partial charge in [-0.25, -0.2) is 4.79 Å². The summed E-state index contributed by atoms with van der Waals surface area (Å²) >= 11 is 0. The van der Waals surface area contributed by atoms with Gasteiger partial charge in [-0.1, -0.05) is 6.07 Å². The molecule has 1 aromatic rings. The fourth-order valence-corrected chi connectivity index (χ4v) is 1.43. The molecule has 0 saturated heterocycles. The zero-order chi connectivity index (χ0) is 12.7. The number of esters is 1. The third-order valence-electron chi connectivity index (χ3n) is 2.36. The van der Waals surface area contributed by atoms with Crippen LogP contribution in [0.1, 0.15) is 11.6 Å². The van der Waals surface area contributed by atoms with Gasteiger partial charge in [0.15, 0.2) is 0 Å². The van der Waals surface area contributed by atoms with Crippen LogP contribution >= 0.6 is 0 Å². The van der Waals surface area contributed by atoms with Crippen LogP contribution in [0.3, 0.4) is 0 Å². The smallest absolute Gasteiger partial charge is 0.327 e. The summed E-state index contributed by atoms with van der Waals surface area (Å²) in [6, 6.07) is 3.21. The predicted octanol–water partition coefficient (Wildman–Crippen LogP) is 0.447. The zero-order valence-electron chi connectivity index (χ0n) is 10.5. The first kappa shape index (κ1) is 13.6. The number of hydrogen-bond donors (Lipinski definition) is 1. The van der Waals surface area contributed by atoms with Crippen molar-refractivity contribution in [3.63, 3.8) is 0 Å². The van der Waals surface area contributed by atoms with Crippen molar-refractivity contribution in [1.29, 1.82) is 0 Å². The van der Waals surface area contributed by atoms with Crippen LogP contribution in [0.4, 0.5) is 0 Å². The molecule has 0 bridgehead atoms. The molecule has 1 heterocycles. The van der Waals surface area contributed by atoms with Gasteiger partial charge in [0.25, 0.3) is 0 Å². The number of hydrogen-bond acceptors (Lipinski definition) is 5. The summed E-state index contributed by atoms with van der Waals surface area (Å²) in [4.78, 5) is 17.7. The van der Waals surface area contributed by atoms with Crippen LogP contribution in [0.2, 0.25) is 0 Å². The second-order valence-corrected chi connectivity index (χ2v) is 4.00. The highest BCUT2D eigenvalue weighted by Gasteiger charge is 2.20. The number of pyridine rings is 1. The minimum atomic E-state index is -0.450. The molecule has 5 heteroatoms. The van der Waals surface area contributed by atoms with Crippen LogP contribution < -0.4 is 5.32 Å². The van der Waals surface area contributed by atoms with E-state index in [1.54, 1.807) is 18.5 Å². The van der Waals surface area contributed by atoms with Crippen LogP contribution in [0, 0.1) is 0 Å². The number of methoxy groups -OCH3 is 1. The molecule has 17 heavy (non-hydrogen) atoms. The van der Waals surface area contributed by atoms with Crippen molar-refractivity contribution >= 4 is 5.97 Å². The standard InChI is InChI=1S/C12H19N3O2/c1-15(2)8-7-14-11(12(16)17-3)10-5-4-6-13-9-10/h4-6,9,11,14H,7-8H2,1-3H3. The van der Waals surface area contributed by atoms with E-state index >= 15 is 0 Å². The van der Waals surface area contributed by atoms with Gasteiger partial charge >= 0.3 is 5.97 Å². The molecule has 0 amide bonds. The van der Waals surface area contributed by atoms with Gasteiger partial charge in [-0.3, -0.25) is 10.3 Å². The van der Waals surface area contributed by atoms with Crippen LogP contribution in [0.25, 0.3) is 0 Å². The van der Waals surface area contributed by atoms with Gasteiger partial charge in [0, 0.05) is 25.5 Å². The Bertz CT molecular complexity index is 341. The van der Waals surface area contributed by atoms with Crippen LogP contribution in [-0.2, 0) is 9.53 Å². The first-order valence-electron chi connectivity index (χ1n) is 5.51. The number of aromatic nitrogens is 1. The van der Waals surface area contributed by atoms with E-state index in [1.807, 2.05) is 25.1 Å². The summed E-state index contributed by atoms with van der Waals surface area (Å²) in [6.45, 7) is 1.56. The highest BCUT2D eigenvalue weighted by molar-refractivity contribution is 5.77. The van der Waals surface area contributed by atoms with E-state index in [4.69, 9.17) is 4.74 Å². The first-order valence-corrected chi connectivity index (χ1v) is 5.51. The number of nitrogens with zero attached hydrogens (tertiary/aromatic N) is 2. The predicted molar refractivity (Wildman–Crippen MR) is 65.6 cm³/mol. The van der Waals surface area contributed by atoms with Gasteiger partial charge in [-0.15, -0.1) is 0 Å². The summed E-state index contributed by atoms with van der Waals surface area (Å²) in [7, 11) is 5.36. The van der Waals surface area contributed by atoms with Gasteiger partial charge < -0.3 is 9.64 Å². The summed E-state index contributed by atoms with van der Waals surface area (Å²) in [6.07, 6.45) is 3.35. The Morgan fingerprint density at radius 1 is 1.59 bits per heavy atom. The van der Waals surface area contributed by atoms with Gasteiger partial charge in [0.1, 0.15) is 6.04 Å². The molecule has 5 nitrogen and oxygen atoms in total. The highest BCUT2D eigenvalue weighted by Crippen LogP contribution is 2.12. The van der Waals surface area contributed by atoms with Crippen molar-refractivity contribution in [2.24, 2.45) is 0 Å². The molecule has 1 atom stereocenters. The quantitative estimate of drug-likeness (QED) is 0.728. The van der Waals surface area contributed by atoms with Crippen LogP contribution in [-0.4, -0.2) is 50.1 Å². The van der Waals surface area contributed by atoms with Crippen molar-refractivity contribution in [2.45, 2.75) is 6.04 Å². The zero-order valence-corrected chi connectivity index (χ0v) is 10.5. The Kier molecular flexibility index (Phi) is 5.59. The lowest BCUT2D eigenvalue weighted by molar-refractivity contribution is -0.143. The summed E-state index contributed by atoms with van der Waals surface area (Å²) in [5.74, 6) is -0.295. The van der Waals surface area contributed by atoms with Gasteiger partial charge in [-0.2, -0.15) is 0 Å². The molecule has 94 valence electrons. The molecule has 0 aliphatic carbocycles. The lowest BCUT2D eigenvalue weighted by Crippen LogP contribution is -2.34. The number of likely N-dealkylation sites (N-methyl/N-ethyl adjacent to an activating group) is 1.